The summed E-state index contributed by atoms with van der Waals surface area (Å²) in [7, 11) is 0. The fourth-order valence-electron chi connectivity index (χ4n) is 8.79. The van der Waals surface area contributed by atoms with Crippen molar-refractivity contribution in [3.05, 3.63) is 60.8 Å². The molecule has 71 heavy (non-hydrogen) atoms. The molecule has 1 atom stereocenters. The maximum atomic E-state index is 12.9. The van der Waals surface area contributed by atoms with E-state index in [1.54, 1.807) is 0 Å². The Bertz CT molecular complexity index is 1280. The third kappa shape index (κ3) is 57.9. The van der Waals surface area contributed by atoms with Crippen LogP contribution < -0.4 is 0 Å². The molecule has 0 heterocycles. The van der Waals surface area contributed by atoms with Crippen molar-refractivity contribution in [1.82, 2.24) is 0 Å². The second kappa shape index (κ2) is 59.7. The van der Waals surface area contributed by atoms with Gasteiger partial charge in [0, 0.05) is 19.3 Å². The van der Waals surface area contributed by atoms with Gasteiger partial charge in [0.1, 0.15) is 13.2 Å². The Hall–Kier alpha value is -2.89. The number of esters is 3. The van der Waals surface area contributed by atoms with Gasteiger partial charge in [0.25, 0.3) is 0 Å². The van der Waals surface area contributed by atoms with Crippen LogP contribution in [0.5, 0.6) is 0 Å². The molecule has 6 nitrogen and oxygen atoms in total. The highest BCUT2D eigenvalue weighted by molar-refractivity contribution is 5.71. The summed E-state index contributed by atoms with van der Waals surface area (Å²) in [6.07, 6.45) is 74.9. The molecule has 1 unspecified atom stereocenters. The van der Waals surface area contributed by atoms with E-state index in [1.165, 1.54) is 193 Å². The molecule has 0 aliphatic rings. The van der Waals surface area contributed by atoms with Gasteiger partial charge in [0.15, 0.2) is 6.10 Å². The minimum Gasteiger partial charge on any atom is -0.462 e. The maximum absolute atomic E-state index is 12.9. The van der Waals surface area contributed by atoms with Gasteiger partial charge in [-0.2, -0.15) is 0 Å². The van der Waals surface area contributed by atoms with Crippen LogP contribution in [0.1, 0.15) is 316 Å². The van der Waals surface area contributed by atoms with Gasteiger partial charge in [0.2, 0.25) is 0 Å². The van der Waals surface area contributed by atoms with Crippen molar-refractivity contribution in [2.45, 2.75) is 322 Å². The van der Waals surface area contributed by atoms with Gasteiger partial charge in [-0.05, 0) is 109 Å². The van der Waals surface area contributed by atoms with Crippen molar-refractivity contribution in [2.75, 3.05) is 13.2 Å². The first-order valence-electron chi connectivity index (χ1n) is 30.8. The Labute approximate surface area is 440 Å². The molecule has 0 aromatic carbocycles. The Kier molecular flexibility index (Phi) is 57.2. The van der Waals surface area contributed by atoms with Crippen LogP contribution in [-0.4, -0.2) is 37.2 Å². The summed E-state index contributed by atoms with van der Waals surface area (Å²) in [5.41, 5.74) is 0. The fraction of sp³-hybridized carbons (Fsp3) is 0.800. The van der Waals surface area contributed by atoms with E-state index in [0.717, 1.165) is 83.5 Å². The van der Waals surface area contributed by atoms with E-state index < -0.39 is 6.10 Å². The molecule has 0 aromatic heterocycles. The smallest absolute Gasteiger partial charge is 0.306 e. The molecule has 0 aromatic rings. The average Bonchev–Trinajstić information content (AvgIpc) is 3.37. The molecule has 0 aliphatic carbocycles. The number of allylic oxidation sites excluding steroid dienone is 10. The highest BCUT2D eigenvalue weighted by atomic mass is 16.6. The molecule has 412 valence electrons. The van der Waals surface area contributed by atoms with Crippen LogP contribution in [0.2, 0.25) is 0 Å². The Morgan fingerprint density at radius 1 is 0.282 bits per heavy atom. The van der Waals surface area contributed by atoms with Crippen LogP contribution in [0.4, 0.5) is 0 Å². The Balaban J connectivity index is 4.38. The summed E-state index contributed by atoms with van der Waals surface area (Å²) in [6.45, 7) is 6.60. The van der Waals surface area contributed by atoms with Crippen molar-refractivity contribution in [1.29, 1.82) is 0 Å². The first-order valence-corrected chi connectivity index (χ1v) is 30.8. The largest absolute Gasteiger partial charge is 0.462 e. The fourth-order valence-corrected chi connectivity index (χ4v) is 8.79. The van der Waals surface area contributed by atoms with E-state index >= 15 is 0 Å². The predicted molar refractivity (Wildman–Crippen MR) is 307 cm³/mol. The molecule has 0 aliphatic heterocycles. The third-order valence-electron chi connectivity index (χ3n) is 13.5. The van der Waals surface area contributed by atoms with Crippen molar-refractivity contribution in [2.24, 2.45) is 0 Å². The first-order chi connectivity index (χ1) is 35.0. The number of carbonyl (C=O) groups excluding carboxylic acids is 3. The van der Waals surface area contributed by atoms with E-state index in [9.17, 15) is 14.4 Å². The van der Waals surface area contributed by atoms with Gasteiger partial charge in [-0.15, -0.1) is 0 Å². The van der Waals surface area contributed by atoms with Crippen LogP contribution >= 0.6 is 0 Å². The van der Waals surface area contributed by atoms with Crippen molar-refractivity contribution in [3.8, 4) is 0 Å². The van der Waals surface area contributed by atoms with E-state index in [4.69, 9.17) is 14.2 Å². The summed E-state index contributed by atoms with van der Waals surface area (Å²) in [5, 5.41) is 0. The highest BCUT2D eigenvalue weighted by Gasteiger charge is 2.19. The van der Waals surface area contributed by atoms with E-state index in [2.05, 4.69) is 81.5 Å². The van der Waals surface area contributed by atoms with Crippen molar-refractivity contribution in [3.63, 3.8) is 0 Å². The molecule has 0 radical (unpaired) electrons. The zero-order valence-electron chi connectivity index (χ0n) is 47.2. The van der Waals surface area contributed by atoms with Gasteiger partial charge in [-0.25, -0.2) is 0 Å². The van der Waals surface area contributed by atoms with E-state index in [1.807, 2.05) is 0 Å². The molecule has 0 spiro atoms. The summed E-state index contributed by atoms with van der Waals surface area (Å²) >= 11 is 0. The van der Waals surface area contributed by atoms with Crippen LogP contribution in [0, 0.1) is 0 Å². The number of unbranched alkanes of at least 4 members (excludes halogenated alkanes) is 35. The van der Waals surface area contributed by atoms with Gasteiger partial charge in [-0.1, -0.05) is 248 Å². The SMILES string of the molecule is CCCCC/C=C\C/C=C\CCCCCCCCCCCC(=O)OCC(COC(=O)CCCCCCC/C=C\C/C=C\CCCCC)OC(=O)CCCCCCCCCCC/C=C\CCCCCCCC. The zero-order valence-corrected chi connectivity index (χ0v) is 47.2. The van der Waals surface area contributed by atoms with Crippen molar-refractivity contribution >= 4 is 17.9 Å². The van der Waals surface area contributed by atoms with Crippen LogP contribution in [-0.2, 0) is 28.6 Å². The summed E-state index contributed by atoms with van der Waals surface area (Å²) < 4.78 is 16.9. The molecule has 6 heteroatoms. The Morgan fingerprint density at radius 3 is 0.817 bits per heavy atom. The topological polar surface area (TPSA) is 78.9 Å². The molecule has 0 rings (SSSR count). The lowest BCUT2D eigenvalue weighted by molar-refractivity contribution is -0.167. The minimum absolute atomic E-state index is 0.0804. The number of rotatable bonds is 56. The van der Waals surface area contributed by atoms with Gasteiger partial charge >= 0.3 is 17.9 Å². The second-order valence-electron chi connectivity index (χ2n) is 20.6. The molecule has 0 fully saturated rings. The van der Waals surface area contributed by atoms with Gasteiger partial charge < -0.3 is 14.2 Å². The molecular formula is C65H116O6. The standard InChI is InChI=1S/C65H116O6/c1-4-7-10-13-16-19-22-25-28-30-32-34-37-40-43-46-49-52-55-58-64(67)70-61-62(60-69-63(66)57-54-51-48-45-42-39-36-27-24-21-18-15-12-9-6-3)71-65(68)59-56-53-50-47-44-41-38-35-33-31-29-26-23-20-17-14-11-8-5-2/h16,18-19,21,25-29,36,62H,4-15,17,20,22-24,30-35,37-61H2,1-3H3/b19-16-,21-18-,28-25-,29-26-,36-27-. The van der Waals surface area contributed by atoms with Crippen molar-refractivity contribution < 1.29 is 28.6 Å². The number of hydrogen-bond donors (Lipinski definition) is 0. The molecule has 0 bridgehead atoms. The van der Waals surface area contributed by atoms with E-state index in [-0.39, 0.29) is 31.1 Å². The number of hydrogen-bond acceptors (Lipinski definition) is 6. The quantitative estimate of drug-likeness (QED) is 0.0261. The van der Waals surface area contributed by atoms with Gasteiger partial charge in [0.05, 0.1) is 0 Å². The average molecular weight is 994 g/mol. The third-order valence-corrected chi connectivity index (χ3v) is 13.5. The lowest BCUT2D eigenvalue weighted by Gasteiger charge is -2.18. The van der Waals surface area contributed by atoms with Crippen LogP contribution in [0.15, 0.2) is 60.8 Å². The summed E-state index contributed by atoms with van der Waals surface area (Å²) in [5.74, 6) is -0.886. The molecule has 0 saturated carbocycles. The minimum atomic E-state index is -0.783. The predicted octanol–water partition coefficient (Wildman–Crippen LogP) is 20.8. The molecular weight excluding hydrogens is 877 g/mol. The molecule has 0 amide bonds. The monoisotopic (exact) mass is 993 g/mol. The number of carbonyl (C=O) groups is 3. The maximum Gasteiger partial charge on any atom is 0.306 e. The normalized spacial score (nSPS) is 12.4. The van der Waals surface area contributed by atoms with Gasteiger partial charge in [-0.3, -0.25) is 14.4 Å². The summed E-state index contributed by atoms with van der Waals surface area (Å²) in [6, 6.07) is 0. The highest BCUT2D eigenvalue weighted by Crippen LogP contribution is 2.16. The summed E-state index contributed by atoms with van der Waals surface area (Å²) in [4.78, 5) is 38.3. The van der Waals surface area contributed by atoms with Crippen LogP contribution in [0.3, 0.4) is 0 Å². The first kappa shape index (κ1) is 68.1. The molecule has 0 saturated heterocycles. The molecule has 0 N–H and O–H groups in total. The number of ether oxygens (including phenoxy) is 3. The lowest BCUT2D eigenvalue weighted by Crippen LogP contribution is -2.30. The Morgan fingerprint density at radius 2 is 0.507 bits per heavy atom. The zero-order chi connectivity index (χ0) is 51.4. The van der Waals surface area contributed by atoms with E-state index in [0.29, 0.717) is 19.3 Å². The second-order valence-corrected chi connectivity index (χ2v) is 20.6. The lowest BCUT2D eigenvalue weighted by atomic mass is 10.1. The van der Waals surface area contributed by atoms with Crippen LogP contribution in [0.25, 0.3) is 0 Å².